The molecule has 0 radical (unpaired) electrons. The Hall–Kier alpha value is -1.40. The Kier molecular flexibility index (Phi) is 3.28. The van der Waals surface area contributed by atoms with Gasteiger partial charge in [0.1, 0.15) is 6.10 Å². The van der Waals surface area contributed by atoms with Gasteiger partial charge in [-0.3, -0.25) is 0 Å². The van der Waals surface area contributed by atoms with Crippen molar-refractivity contribution in [2.24, 2.45) is 5.92 Å². The average Bonchev–Trinajstić information content (AvgIpc) is 3.00. The van der Waals surface area contributed by atoms with Crippen molar-refractivity contribution in [3.05, 3.63) is 17.5 Å². The van der Waals surface area contributed by atoms with E-state index in [1.807, 2.05) is 19.9 Å². The van der Waals surface area contributed by atoms with E-state index in [1.165, 1.54) is 24.2 Å². The molecular weight excluding hydrogens is 262 g/mol. The highest BCUT2D eigenvalue weighted by atomic mass is 32.1. The zero-order chi connectivity index (χ0) is 13.4. The van der Waals surface area contributed by atoms with Gasteiger partial charge >= 0.3 is 0 Å². The smallest absolute Gasteiger partial charge is 0.268 e. The first-order valence-corrected chi connectivity index (χ1v) is 7.32. The van der Waals surface area contributed by atoms with E-state index in [9.17, 15) is 0 Å². The van der Waals surface area contributed by atoms with Crippen LogP contribution in [0.5, 0.6) is 0 Å². The van der Waals surface area contributed by atoms with Gasteiger partial charge in [0.2, 0.25) is 5.82 Å². The summed E-state index contributed by atoms with van der Waals surface area (Å²) in [5.41, 5.74) is 6.86. The molecule has 3 rings (SSSR count). The van der Waals surface area contributed by atoms with E-state index in [0.29, 0.717) is 24.2 Å². The predicted octanol–water partition coefficient (Wildman–Crippen LogP) is 3.18. The van der Waals surface area contributed by atoms with E-state index in [0.717, 1.165) is 15.4 Å². The SMILES string of the molecule is CCOC(c1noc(-c2sc(N)cc2C)n1)C1CC1. The first-order chi connectivity index (χ1) is 9.19. The van der Waals surface area contributed by atoms with Crippen LogP contribution in [0.2, 0.25) is 0 Å². The number of thiophene rings is 1. The molecular formula is C13H17N3O2S. The molecule has 0 aromatic carbocycles. The molecule has 2 aromatic heterocycles. The van der Waals surface area contributed by atoms with Gasteiger partial charge in [-0.15, -0.1) is 11.3 Å². The molecule has 6 heteroatoms. The molecule has 1 fully saturated rings. The van der Waals surface area contributed by atoms with Crippen molar-refractivity contribution < 1.29 is 9.26 Å². The zero-order valence-electron chi connectivity index (χ0n) is 11.0. The maximum absolute atomic E-state index is 5.79. The summed E-state index contributed by atoms with van der Waals surface area (Å²) in [5, 5.41) is 4.84. The standard InChI is InChI=1S/C13H17N3O2S/c1-3-17-10(8-4-5-8)12-15-13(18-16-12)11-7(2)6-9(14)19-11/h6,8,10H,3-5,14H2,1-2H3. The van der Waals surface area contributed by atoms with Crippen LogP contribution in [-0.2, 0) is 4.74 Å². The molecule has 1 unspecified atom stereocenters. The Balaban J connectivity index is 1.87. The van der Waals surface area contributed by atoms with E-state index in [-0.39, 0.29) is 6.10 Å². The Morgan fingerprint density at radius 2 is 2.37 bits per heavy atom. The largest absolute Gasteiger partial charge is 0.391 e. The summed E-state index contributed by atoms with van der Waals surface area (Å²) in [6.07, 6.45) is 2.33. The molecule has 0 amide bonds. The normalized spacial score (nSPS) is 16.7. The topological polar surface area (TPSA) is 74.2 Å². The third-order valence-corrected chi connectivity index (χ3v) is 4.28. The molecule has 19 heavy (non-hydrogen) atoms. The molecule has 0 aliphatic heterocycles. The van der Waals surface area contributed by atoms with Gasteiger partial charge in [0.25, 0.3) is 5.89 Å². The van der Waals surface area contributed by atoms with Gasteiger partial charge in [-0.25, -0.2) is 0 Å². The van der Waals surface area contributed by atoms with E-state index >= 15 is 0 Å². The lowest BCUT2D eigenvalue weighted by Crippen LogP contribution is -2.08. The van der Waals surface area contributed by atoms with Crippen molar-refractivity contribution in [1.82, 2.24) is 10.1 Å². The Labute approximate surface area is 115 Å². The highest BCUT2D eigenvalue weighted by Crippen LogP contribution is 2.43. The molecule has 102 valence electrons. The van der Waals surface area contributed by atoms with Crippen molar-refractivity contribution in [2.45, 2.75) is 32.8 Å². The Morgan fingerprint density at radius 1 is 1.58 bits per heavy atom. The van der Waals surface area contributed by atoms with E-state index < -0.39 is 0 Å². The van der Waals surface area contributed by atoms with Gasteiger partial charge in [0.05, 0.1) is 9.88 Å². The molecule has 2 N–H and O–H groups in total. The summed E-state index contributed by atoms with van der Waals surface area (Å²) >= 11 is 1.47. The summed E-state index contributed by atoms with van der Waals surface area (Å²) in [6.45, 7) is 4.64. The minimum absolute atomic E-state index is 0.0277. The van der Waals surface area contributed by atoms with Crippen LogP contribution in [0.4, 0.5) is 5.00 Å². The fourth-order valence-corrected chi connectivity index (χ4v) is 3.02. The van der Waals surface area contributed by atoms with E-state index in [1.54, 1.807) is 0 Å². The van der Waals surface area contributed by atoms with E-state index in [2.05, 4.69) is 10.1 Å². The summed E-state index contributed by atoms with van der Waals surface area (Å²) in [6, 6.07) is 1.92. The number of nitrogens with zero attached hydrogens (tertiary/aromatic N) is 2. The second-order valence-electron chi connectivity index (χ2n) is 4.83. The van der Waals surface area contributed by atoms with Crippen LogP contribution in [0.25, 0.3) is 10.8 Å². The lowest BCUT2D eigenvalue weighted by Gasteiger charge is -2.10. The van der Waals surface area contributed by atoms with Crippen LogP contribution in [-0.4, -0.2) is 16.7 Å². The van der Waals surface area contributed by atoms with Crippen LogP contribution in [0.1, 0.15) is 37.3 Å². The van der Waals surface area contributed by atoms with Crippen molar-refractivity contribution in [2.75, 3.05) is 12.3 Å². The van der Waals surface area contributed by atoms with Crippen molar-refractivity contribution in [3.63, 3.8) is 0 Å². The number of rotatable bonds is 5. The number of aryl methyl sites for hydroxylation is 1. The third-order valence-electron chi connectivity index (χ3n) is 3.22. The second kappa shape index (κ2) is 4.94. The van der Waals surface area contributed by atoms with E-state index in [4.69, 9.17) is 15.0 Å². The van der Waals surface area contributed by atoms with Crippen molar-refractivity contribution in [1.29, 1.82) is 0 Å². The van der Waals surface area contributed by atoms with Crippen molar-refractivity contribution in [3.8, 4) is 10.8 Å². The lowest BCUT2D eigenvalue weighted by atomic mass is 10.2. The molecule has 0 bridgehead atoms. The number of aromatic nitrogens is 2. The number of anilines is 1. The van der Waals surface area contributed by atoms with Gasteiger partial charge in [-0.05, 0) is 44.2 Å². The maximum atomic E-state index is 5.79. The van der Waals surface area contributed by atoms with Crippen LogP contribution < -0.4 is 5.73 Å². The zero-order valence-corrected chi connectivity index (χ0v) is 11.9. The number of hydrogen-bond acceptors (Lipinski definition) is 6. The predicted molar refractivity (Wildman–Crippen MR) is 73.9 cm³/mol. The molecule has 2 heterocycles. The number of hydrogen-bond donors (Lipinski definition) is 1. The molecule has 1 aliphatic rings. The first kappa shape index (κ1) is 12.6. The second-order valence-corrected chi connectivity index (χ2v) is 5.92. The van der Waals surface area contributed by atoms with Crippen LogP contribution in [0.15, 0.2) is 10.6 Å². The summed E-state index contributed by atoms with van der Waals surface area (Å²) in [4.78, 5) is 5.43. The molecule has 5 nitrogen and oxygen atoms in total. The Bertz CT molecular complexity index is 574. The van der Waals surface area contributed by atoms with Crippen molar-refractivity contribution >= 4 is 16.3 Å². The van der Waals surface area contributed by atoms with Gasteiger partial charge < -0.3 is 15.0 Å². The van der Waals surface area contributed by atoms with Gasteiger partial charge in [-0.1, -0.05) is 5.16 Å². The molecule has 0 saturated heterocycles. The number of ether oxygens (including phenoxy) is 1. The average molecular weight is 279 g/mol. The summed E-state index contributed by atoms with van der Waals surface area (Å²) < 4.78 is 11.1. The minimum Gasteiger partial charge on any atom is -0.391 e. The number of nitrogens with two attached hydrogens (primary N) is 1. The quantitative estimate of drug-likeness (QED) is 0.909. The molecule has 2 aromatic rings. The fourth-order valence-electron chi connectivity index (χ4n) is 2.16. The fraction of sp³-hybridized carbons (Fsp3) is 0.538. The molecule has 0 spiro atoms. The highest BCUT2D eigenvalue weighted by molar-refractivity contribution is 7.19. The maximum Gasteiger partial charge on any atom is 0.268 e. The van der Waals surface area contributed by atoms with Gasteiger partial charge in [-0.2, -0.15) is 4.98 Å². The molecule has 1 saturated carbocycles. The van der Waals surface area contributed by atoms with Gasteiger partial charge in [0, 0.05) is 6.61 Å². The number of nitrogen functional groups attached to an aromatic ring is 1. The third kappa shape index (κ3) is 2.50. The van der Waals surface area contributed by atoms with Crippen LogP contribution in [0.3, 0.4) is 0 Å². The van der Waals surface area contributed by atoms with Gasteiger partial charge in [0.15, 0.2) is 0 Å². The molecule has 1 aliphatic carbocycles. The van der Waals surface area contributed by atoms with Crippen LogP contribution >= 0.6 is 11.3 Å². The minimum atomic E-state index is -0.0277. The monoisotopic (exact) mass is 279 g/mol. The summed E-state index contributed by atoms with van der Waals surface area (Å²) in [7, 11) is 0. The summed E-state index contributed by atoms with van der Waals surface area (Å²) in [5.74, 6) is 1.74. The Morgan fingerprint density at radius 3 is 2.95 bits per heavy atom. The molecule has 1 atom stereocenters. The highest BCUT2D eigenvalue weighted by Gasteiger charge is 2.36. The lowest BCUT2D eigenvalue weighted by molar-refractivity contribution is 0.0385. The van der Waals surface area contributed by atoms with Crippen LogP contribution in [0, 0.1) is 12.8 Å². The first-order valence-electron chi connectivity index (χ1n) is 6.50.